The second-order valence-electron chi connectivity index (χ2n) is 4.28. The lowest BCUT2D eigenvalue weighted by atomic mass is 9.97. The van der Waals surface area contributed by atoms with Crippen LogP contribution >= 0.6 is 22.7 Å². The van der Waals surface area contributed by atoms with Crippen LogP contribution in [0.2, 0.25) is 0 Å². The quantitative estimate of drug-likeness (QED) is 0.934. The maximum absolute atomic E-state index is 10.8. The van der Waals surface area contributed by atoms with Gasteiger partial charge in [-0.15, -0.1) is 22.7 Å². The van der Waals surface area contributed by atoms with E-state index in [1.807, 2.05) is 19.2 Å². The lowest BCUT2D eigenvalue weighted by Crippen LogP contribution is -2.13. The molecule has 0 aromatic carbocycles. The number of thiophene rings is 1. The van der Waals surface area contributed by atoms with Crippen LogP contribution in [0.25, 0.3) is 10.6 Å². The number of aromatic nitrogens is 1. The van der Waals surface area contributed by atoms with E-state index < -0.39 is 11.4 Å². The van der Waals surface area contributed by atoms with Crippen LogP contribution in [0, 0.1) is 11.3 Å². The van der Waals surface area contributed by atoms with Crippen molar-refractivity contribution >= 4 is 28.6 Å². The van der Waals surface area contributed by atoms with Gasteiger partial charge in [-0.25, -0.2) is 9.78 Å². The zero-order chi connectivity index (χ0) is 13.3. The van der Waals surface area contributed by atoms with Crippen molar-refractivity contribution in [1.82, 2.24) is 4.98 Å². The molecule has 0 radical (unpaired) electrons. The molecule has 0 aliphatic rings. The van der Waals surface area contributed by atoms with E-state index in [4.69, 9.17) is 10.4 Å². The number of carboxylic acid groups (broad SMARTS) is 1. The summed E-state index contributed by atoms with van der Waals surface area (Å²) in [6.45, 7) is 3.62. The first-order valence-corrected chi connectivity index (χ1v) is 6.89. The largest absolute Gasteiger partial charge is 0.478 e. The van der Waals surface area contributed by atoms with Crippen LogP contribution in [0.15, 0.2) is 16.8 Å². The summed E-state index contributed by atoms with van der Waals surface area (Å²) in [5.41, 5.74) is 0.385. The Bertz CT molecular complexity index is 635. The average molecular weight is 278 g/mol. The predicted octanol–water partition coefficient (Wildman–Crippen LogP) is 3.37. The van der Waals surface area contributed by atoms with Gasteiger partial charge in [-0.3, -0.25) is 0 Å². The maximum Gasteiger partial charge on any atom is 0.336 e. The molecule has 6 heteroatoms. The van der Waals surface area contributed by atoms with Crippen LogP contribution in [-0.4, -0.2) is 16.1 Å². The third kappa shape index (κ3) is 2.28. The average Bonchev–Trinajstić information content (AvgIpc) is 2.97. The van der Waals surface area contributed by atoms with Crippen molar-refractivity contribution in [1.29, 1.82) is 5.26 Å². The van der Waals surface area contributed by atoms with E-state index in [0.29, 0.717) is 0 Å². The Morgan fingerprint density at radius 3 is 2.72 bits per heavy atom. The first-order chi connectivity index (χ1) is 8.44. The normalized spacial score (nSPS) is 11.2. The van der Waals surface area contributed by atoms with Gasteiger partial charge in [0.25, 0.3) is 0 Å². The Hall–Kier alpha value is -1.71. The molecule has 18 heavy (non-hydrogen) atoms. The van der Waals surface area contributed by atoms with Crippen LogP contribution < -0.4 is 0 Å². The van der Waals surface area contributed by atoms with E-state index in [1.165, 1.54) is 22.7 Å². The van der Waals surface area contributed by atoms with Gasteiger partial charge in [0.1, 0.15) is 10.4 Å². The summed E-state index contributed by atoms with van der Waals surface area (Å²) in [6.07, 6.45) is 0. The van der Waals surface area contributed by atoms with Gasteiger partial charge < -0.3 is 5.11 Å². The van der Waals surface area contributed by atoms with Crippen molar-refractivity contribution in [3.05, 3.63) is 27.4 Å². The summed E-state index contributed by atoms with van der Waals surface area (Å²) < 4.78 is 0. The maximum atomic E-state index is 10.8. The third-order valence-corrected chi connectivity index (χ3v) is 4.54. The number of carboxylic acids is 1. The number of carbonyl (C=O) groups is 1. The minimum atomic E-state index is -0.940. The monoisotopic (exact) mass is 278 g/mol. The highest BCUT2D eigenvalue weighted by molar-refractivity contribution is 7.14. The number of thiazole rings is 1. The molecule has 1 N–H and O–H groups in total. The molecule has 92 valence electrons. The fourth-order valence-electron chi connectivity index (χ4n) is 1.30. The van der Waals surface area contributed by atoms with Gasteiger partial charge in [0.15, 0.2) is 0 Å². The van der Waals surface area contributed by atoms with Crippen molar-refractivity contribution in [2.24, 2.45) is 0 Å². The van der Waals surface area contributed by atoms with Crippen LogP contribution in [-0.2, 0) is 5.41 Å². The summed E-state index contributed by atoms with van der Waals surface area (Å²) >= 11 is 2.76. The molecule has 0 fully saturated rings. The molecule has 0 aliphatic carbocycles. The van der Waals surface area contributed by atoms with Gasteiger partial charge in [-0.2, -0.15) is 5.26 Å². The zero-order valence-corrected chi connectivity index (χ0v) is 11.4. The van der Waals surface area contributed by atoms with Gasteiger partial charge in [-0.05, 0) is 19.9 Å². The summed E-state index contributed by atoms with van der Waals surface area (Å²) in [5.74, 6) is -0.940. The lowest BCUT2D eigenvalue weighted by Gasteiger charge is -2.09. The number of rotatable bonds is 3. The van der Waals surface area contributed by atoms with Crippen LogP contribution in [0.3, 0.4) is 0 Å². The van der Waals surface area contributed by atoms with Gasteiger partial charge in [0.2, 0.25) is 0 Å². The molecule has 0 spiro atoms. The van der Waals surface area contributed by atoms with E-state index >= 15 is 0 Å². The lowest BCUT2D eigenvalue weighted by molar-refractivity contribution is 0.0697. The smallest absolute Gasteiger partial charge is 0.336 e. The van der Waals surface area contributed by atoms with Crippen molar-refractivity contribution in [3.63, 3.8) is 0 Å². The van der Waals surface area contributed by atoms with Gasteiger partial charge in [-0.1, -0.05) is 0 Å². The van der Waals surface area contributed by atoms with E-state index in [2.05, 4.69) is 11.1 Å². The molecule has 4 nitrogen and oxygen atoms in total. The number of nitrogens with zero attached hydrogens (tertiary/aromatic N) is 2. The molecule has 0 saturated carbocycles. The molecule has 0 bridgehead atoms. The van der Waals surface area contributed by atoms with Gasteiger partial charge in [0.05, 0.1) is 22.2 Å². The summed E-state index contributed by atoms with van der Waals surface area (Å²) in [7, 11) is 0. The predicted molar refractivity (Wildman–Crippen MR) is 71.0 cm³/mol. The first kappa shape index (κ1) is 12.7. The van der Waals surface area contributed by atoms with E-state index in [0.717, 1.165) is 15.6 Å². The molecule has 0 unspecified atom stereocenters. The Labute approximate surface area is 112 Å². The highest BCUT2D eigenvalue weighted by Gasteiger charge is 2.24. The van der Waals surface area contributed by atoms with Crippen molar-refractivity contribution in [2.45, 2.75) is 19.3 Å². The van der Waals surface area contributed by atoms with Crippen molar-refractivity contribution in [2.75, 3.05) is 0 Å². The zero-order valence-electron chi connectivity index (χ0n) is 9.80. The molecule has 0 saturated heterocycles. The molecule has 0 amide bonds. The highest BCUT2D eigenvalue weighted by atomic mass is 32.1. The first-order valence-electron chi connectivity index (χ1n) is 5.13. The van der Waals surface area contributed by atoms with E-state index in [9.17, 15) is 4.79 Å². The van der Waals surface area contributed by atoms with Crippen LogP contribution in [0.5, 0.6) is 0 Å². The standard InChI is InChI=1S/C12H10N2O2S2/c1-12(2,6-13)11-14-8(5-18-11)9-3-7(4-17-9)10(15)16/h3-5H,1-2H3,(H,15,16). The van der Waals surface area contributed by atoms with Crippen molar-refractivity contribution in [3.8, 4) is 16.6 Å². The Balaban J connectivity index is 2.35. The Morgan fingerprint density at radius 2 is 2.17 bits per heavy atom. The number of hydrogen-bond donors (Lipinski definition) is 1. The number of nitriles is 1. The SMILES string of the molecule is CC(C)(C#N)c1nc(-c2cc(C(=O)O)cs2)cs1. The van der Waals surface area contributed by atoms with Crippen molar-refractivity contribution < 1.29 is 9.90 Å². The summed E-state index contributed by atoms with van der Waals surface area (Å²) in [6, 6.07) is 3.81. The molecular formula is C12H10N2O2S2. The Kier molecular flexibility index (Phi) is 3.20. The minimum absolute atomic E-state index is 0.268. The molecule has 0 atom stereocenters. The second-order valence-corrected chi connectivity index (χ2v) is 6.05. The minimum Gasteiger partial charge on any atom is -0.478 e. The molecule has 2 aromatic rings. The van der Waals surface area contributed by atoms with Crippen LogP contribution in [0.4, 0.5) is 0 Å². The fraction of sp³-hybridized carbons (Fsp3) is 0.250. The number of hydrogen-bond acceptors (Lipinski definition) is 5. The summed E-state index contributed by atoms with van der Waals surface area (Å²) in [5, 5.41) is 22.1. The van der Waals surface area contributed by atoms with E-state index in [1.54, 1.807) is 11.4 Å². The second kappa shape index (κ2) is 4.52. The van der Waals surface area contributed by atoms with Gasteiger partial charge >= 0.3 is 5.97 Å². The molecule has 2 aromatic heterocycles. The molecule has 2 rings (SSSR count). The fourth-order valence-corrected chi connectivity index (χ4v) is 3.12. The van der Waals surface area contributed by atoms with Crippen LogP contribution in [0.1, 0.15) is 29.2 Å². The Morgan fingerprint density at radius 1 is 1.44 bits per heavy atom. The van der Waals surface area contributed by atoms with E-state index in [-0.39, 0.29) is 5.56 Å². The summed E-state index contributed by atoms with van der Waals surface area (Å²) in [4.78, 5) is 16.0. The topological polar surface area (TPSA) is 74.0 Å². The highest BCUT2D eigenvalue weighted by Crippen LogP contribution is 2.32. The molecule has 0 aliphatic heterocycles. The molecular weight excluding hydrogens is 268 g/mol. The number of aromatic carboxylic acids is 1. The molecule has 2 heterocycles. The third-order valence-electron chi connectivity index (χ3n) is 2.42. The van der Waals surface area contributed by atoms with Gasteiger partial charge in [0, 0.05) is 10.8 Å².